The second-order valence-electron chi connectivity index (χ2n) is 5.90. The zero-order chi connectivity index (χ0) is 17.4. The molecule has 0 spiro atoms. The van der Waals surface area contributed by atoms with E-state index in [1.807, 2.05) is 74.5 Å². The van der Waals surface area contributed by atoms with Gasteiger partial charge in [0.05, 0.1) is 0 Å². The van der Waals surface area contributed by atoms with Crippen molar-refractivity contribution in [3.63, 3.8) is 0 Å². The van der Waals surface area contributed by atoms with Gasteiger partial charge in [0.15, 0.2) is 7.14 Å². The zero-order valence-corrected chi connectivity index (χ0v) is 15.6. The Hall–Kier alpha value is -2.03. The predicted molar refractivity (Wildman–Crippen MR) is 105 cm³/mol. The minimum atomic E-state index is -2.85. The van der Waals surface area contributed by atoms with Gasteiger partial charge in [0, 0.05) is 27.9 Å². The molecule has 124 valence electrons. The van der Waals surface area contributed by atoms with Crippen molar-refractivity contribution in [1.29, 1.82) is 0 Å². The van der Waals surface area contributed by atoms with Crippen molar-refractivity contribution in [2.75, 3.05) is 0 Å². The molecular weight excluding hydrogens is 311 g/mol. The summed E-state index contributed by atoms with van der Waals surface area (Å²) in [6.45, 7) is 6.10. The second kappa shape index (κ2) is 8.72. The van der Waals surface area contributed by atoms with Crippen LogP contribution in [0.3, 0.4) is 0 Å². The summed E-state index contributed by atoms with van der Waals surface area (Å²) in [6, 6.07) is 19.5. The fraction of sp³-hybridized carbons (Fsp3) is 0.273. The third-order valence-corrected chi connectivity index (χ3v) is 7.52. The highest BCUT2D eigenvalue weighted by molar-refractivity contribution is 7.82. The Kier molecular flexibility index (Phi) is 6.65. The van der Waals surface area contributed by atoms with Crippen LogP contribution in [-0.4, -0.2) is 0 Å². The van der Waals surface area contributed by atoms with Crippen LogP contribution in [0.5, 0.6) is 0 Å². The number of allylic oxidation sites excluding steroid dienone is 2. The SMILES string of the molecule is CCCCC#C/C(C)=C(\C)P(=O)(c1ccccc1)c1ccccc1. The van der Waals surface area contributed by atoms with E-state index in [9.17, 15) is 4.57 Å². The molecule has 1 nitrogen and oxygen atoms in total. The molecule has 0 amide bonds. The Bertz CT molecular complexity index is 749. The van der Waals surface area contributed by atoms with Gasteiger partial charge < -0.3 is 4.57 Å². The van der Waals surface area contributed by atoms with Gasteiger partial charge in [0.1, 0.15) is 0 Å². The van der Waals surface area contributed by atoms with E-state index in [0.717, 1.165) is 40.8 Å². The van der Waals surface area contributed by atoms with E-state index in [1.165, 1.54) is 0 Å². The Balaban J connectivity index is 2.55. The van der Waals surface area contributed by atoms with Crippen molar-refractivity contribution in [3.8, 4) is 11.8 Å². The molecule has 0 saturated heterocycles. The summed E-state index contributed by atoms with van der Waals surface area (Å²) in [4.78, 5) is 0. The van der Waals surface area contributed by atoms with E-state index in [2.05, 4.69) is 18.8 Å². The van der Waals surface area contributed by atoms with E-state index < -0.39 is 7.14 Å². The molecule has 2 aromatic carbocycles. The molecule has 0 heterocycles. The summed E-state index contributed by atoms with van der Waals surface area (Å²) in [7, 11) is -2.85. The molecule has 0 unspecified atom stereocenters. The highest BCUT2D eigenvalue weighted by atomic mass is 31.2. The third kappa shape index (κ3) is 4.08. The van der Waals surface area contributed by atoms with Gasteiger partial charge in [-0.25, -0.2) is 0 Å². The maximum absolute atomic E-state index is 14.1. The Labute approximate surface area is 146 Å². The van der Waals surface area contributed by atoms with Crippen LogP contribution < -0.4 is 10.6 Å². The molecule has 0 bridgehead atoms. The predicted octanol–water partition coefficient (Wildman–Crippen LogP) is 5.49. The summed E-state index contributed by atoms with van der Waals surface area (Å²) < 4.78 is 14.1. The van der Waals surface area contributed by atoms with Crippen molar-refractivity contribution < 1.29 is 4.57 Å². The van der Waals surface area contributed by atoms with Crippen molar-refractivity contribution in [1.82, 2.24) is 0 Å². The number of rotatable bonds is 5. The number of hydrogen-bond donors (Lipinski definition) is 0. The number of hydrogen-bond acceptors (Lipinski definition) is 1. The van der Waals surface area contributed by atoms with Gasteiger partial charge in [-0.2, -0.15) is 0 Å². The maximum Gasteiger partial charge on any atom is 0.167 e. The average Bonchev–Trinajstić information content (AvgIpc) is 2.65. The lowest BCUT2D eigenvalue weighted by Gasteiger charge is -2.21. The van der Waals surface area contributed by atoms with Crippen LogP contribution in [0, 0.1) is 11.8 Å². The van der Waals surface area contributed by atoms with Crippen molar-refractivity contribution >= 4 is 17.8 Å². The number of benzene rings is 2. The van der Waals surface area contributed by atoms with Gasteiger partial charge >= 0.3 is 0 Å². The topological polar surface area (TPSA) is 17.1 Å². The largest absolute Gasteiger partial charge is 0.309 e. The van der Waals surface area contributed by atoms with Gasteiger partial charge in [-0.15, -0.1) is 0 Å². The minimum absolute atomic E-state index is 0.864. The average molecular weight is 336 g/mol. The van der Waals surface area contributed by atoms with E-state index >= 15 is 0 Å². The number of unbranched alkanes of at least 4 members (excludes halogenated alkanes) is 2. The Morgan fingerprint density at radius 1 is 0.917 bits per heavy atom. The molecule has 0 saturated carbocycles. The van der Waals surface area contributed by atoms with Crippen LogP contribution in [0.4, 0.5) is 0 Å². The molecule has 0 aliphatic heterocycles. The standard InChI is InChI=1S/C22H25OP/c1-4-5-6-9-14-19(2)20(3)24(23,21-15-10-7-11-16-21)22-17-12-8-13-18-22/h7-8,10-13,15-18H,4-6H2,1-3H3/b20-19+. The molecule has 0 radical (unpaired) electrons. The lowest BCUT2D eigenvalue weighted by atomic mass is 10.2. The van der Waals surface area contributed by atoms with E-state index in [0.29, 0.717) is 0 Å². The first-order valence-corrected chi connectivity index (χ1v) is 10.2. The van der Waals surface area contributed by atoms with E-state index in [-0.39, 0.29) is 0 Å². The molecule has 2 rings (SSSR count). The van der Waals surface area contributed by atoms with Crippen molar-refractivity contribution in [2.24, 2.45) is 0 Å². The van der Waals surface area contributed by atoms with E-state index in [4.69, 9.17) is 0 Å². The fourth-order valence-electron chi connectivity index (χ4n) is 2.60. The first-order valence-electron chi connectivity index (χ1n) is 8.49. The van der Waals surface area contributed by atoms with Gasteiger partial charge in [0.25, 0.3) is 0 Å². The molecule has 0 aliphatic rings. The van der Waals surface area contributed by atoms with Gasteiger partial charge in [-0.3, -0.25) is 0 Å². The normalized spacial score (nSPS) is 12.1. The molecular formula is C22H25OP. The Morgan fingerprint density at radius 3 is 1.88 bits per heavy atom. The molecule has 0 N–H and O–H groups in total. The maximum atomic E-state index is 14.1. The third-order valence-electron chi connectivity index (χ3n) is 4.19. The fourth-order valence-corrected chi connectivity index (χ4v) is 5.38. The molecule has 0 aliphatic carbocycles. The molecule has 0 aromatic heterocycles. The van der Waals surface area contributed by atoms with E-state index in [1.54, 1.807) is 0 Å². The van der Waals surface area contributed by atoms with Crippen LogP contribution >= 0.6 is 7.14 Å². The van der Waals surface area contributed by atoms with Gasteiger partial charge in [-0.05, 0) is 20.3 Å². The van der Waals surface area contributed by atoms with Crippen LogP contribution in [0.2, 0.25) is 0 Å². The quantitative estimate of drug-likeness (QED) is 0.401. The minimum Gasteiger partial charge on any atom is -0.309 e. The van der Waals surface area contributed by atoms with Crippen molar-refractivity contribution in [3.05, 3.63) is 71.6 Å². The lowest BCUT2D eigenvalue weighted by molar-refractivity contribution is 0.590. The molecule has 0 atom stereocenters. The van der Waals surface area contributed by atoms with Crippen LogP contribution in [0.25, 0.3) is 0 Å². The zero-order valence-electron chi connectivity index (χ0n) is 14.8. The lowest BCUT2D eigenvalue weighted by Crippen LogP contribution is -2.17. The summed E-state index contributed by atoms with van der Waals surface area (Å²) in [5.41, 5.74) is 0.919. The Morgan fingerprint density at radius 2 is 1.42 bits per heavy atom. The first kappa shape index (κ1) is 18.3. The van der Waals surface area contributed by atoms with Crippen LogP contribution in [0.1, 0.15) is 40.0 Å². The van der Waals surface area contributed by atoms with Crippen LogP contribution in [-0.2, 0) is 4.57 Å². The highest BCUT2D eigenvalue weighted by Gasteiger charge is 2.30. The van der Waals surface area contributed by atoms with Gasteiger partial charge in [0.2, 0.25) is 0 Å². The van der Waals surface area contributed by atoms with Gasteiger partial charge in [-0.1, -0.05) is 85.8 Å². The second-order valence-corrected chi connectivity index (χ2v) is 8.82. The highest BCUT2D eigenvalue weighted by Crippen LogP contribution is 2.52. The molecule has 24 heavy (non-hydrogen) atoms. The molecule has 2 heteroatoms. The monoisotopic (exact) mass is 336 g/mol. The summed E-state index contributed by atoms with van der Waals surface area (Å²) in [5.74, 6) is 6.43. The molecule has 0 fully saturated rings. The summed E-state index contributed by atoms with van der Waals surface area (Å²) >= 11 is 0. The smallest absolute Gasteiger partial charge is 0.167 e. The van der Waals surface area contributed by atoms with Crippen molar-refractivity contribution in [2.45, 2.75) is 40.0 Å². The molecule has 2 aromatic rings. The van der Waals surface area contributed by atoms with Crippen LogP contribution in [0.15, 0.2) is 71.6 Å². The summed E-state index contributed by atoms with van der Waals surface area (Å²) in [6.07, 6.45) is 3.14. The first-order chi connectivity index (χ1) is 11.6. The summed E-state index contributed by atoms with van der Waals surface area (Å²) in [5, 5.41) is 2.61.